The molecule has 2 aliphatic rings. The molecule has 1 aromatic rings. The predicted octanol–water partition coefficient (Wildman–Crippen LogP) is 4.12. The van der Waals surface area contributed by atoms with Crippen molar-refractivity contribution in [2.75, 3.05) is 5.32 Å². The SMILES string of the molecule is CCc1cccc(C)c1NC(=O)C1(C(=O)NC2CCCCCC2)CC1. The number of carbonyl (C=O) groups is 2. The highest BCUT2D eigenvalue weighted by atomic mass is 16.2. The third kappa shape index (κ3) is 3.88. The van der Waals surface area contributed by atoms with Crippen LogP contribution in [0.4, 0.5) is 5.69 Å². The van der Waals surface area contributed by atoms with E-state index in [2.05, 4.69) is 17.6 Å². The molecule has 0 spiro atoms. The molecule has 4 heteroatoms. The Kier molecular flexibility index (Phi) is 5.45. The monoisotopic (exact) mass is 342 g/mol. The topological polar surface area (TPSA) is 58.2 Å². The van der Waals surface area contributed by atoms with Crippen molar-refractivity contribution in [1.29, 1.82) is 0 Å². The molecule has 0 aromatic heterocycles. The maximum absolute atomic E-state index is 12.9. The van der Waals surface area contributed by atoms with E-state index >= 15 is 0 Å². The van der Waals surface area contributed by atoms with E-state index in [1.54, 1.807) is 0 Å². The highest BCUT2D eigenvalue weighted by Crippen LogP contribution is 2.47. The first kappa shape index (κ1) is 18.0. The van der Waals surface area contributed by atoms with Gasteiger partial charge in [0.1, 0.15) is 5.41 Å². The Morgan fingerprint density at radius 3 is 2.36 bits per heavy atom. The average molecular weight is 342 g/mol. The van der Waals surface area contributed by atoms with Crippen molar-refractivity contribution in [2.24, 2.45) is 5.41 Å². The van der Waals surface area contributed by atoms with E-state index in [9.17, 15) is 9.59 Å². The molecule has 2 saturated carbocycles. The van der Waals surface area contributed by atoms with Gasteiger partial charge in [-0.3, -0.25) is 9.59 Å². The zero-order chi connectivity index (χ0) is 17.9. The number of carbonyl (C=O) groups excluding carboxylic acids is 2. The summed E-state index contributed by atoms with van der Waals surface area (Å²) >= 11 is 0. The number of para-hydroxylation sites is 1. The van der Waals surface area contributed by atoms with Gasteiger partial charge in [-0.05, 0) is 50.2 Å². The Morgan fingerprint density at radius 1 is 1.08 bits per heavy atom. The van der Waals surface area contributed by atoms with Crippen LogP contribution in [0.5, 0.6) is 0 Å². The molecule has 0 unspecified atom stereocenters. The lowest BCUT2D eigenvalue weighted by atomic mass is 10.0. The molecule has 0 aliphatic heterocycles. The lowest BCUT2D eigenvalue weighted by Crippen LogP contribution is -2.44. The molecule has 0 atom stereocenters. The molecule has 3 rings (SSSR count). The van der Waals surface area contributed by atoms with Gasteiger partial charge in [-0.1, -0.05) is 50.8 Å². The number of hydrogen-bond donors (Lipinski definition) is 2. The minimum atomic E-state index is -0.848. The molecule has 4 nitrogen and oxygen atoms in total. The minimum absolute atomic E-state index is 0.0662. The fourth-order valence-electron chi connectivity index (χ4n) is 3.86. The standard InChI is InChI=1S/C21H30N2O2/c1-3-16-10-8-9-15(2)18(16)23-20(25)21(13-14-21)19(24)22-17-11-6-4-5-7-12-17/h8-10,17H,3-7,11-14H2,1-2H3,(H,22,24)(H,23,25). The number of hydrogen-bond acceptors (Lipinski definition) is 2. The van der Waals surface area contributed by atoms with E-state index in [4.69, 9.17) is 0 Å². The van der Waals surface area contributed by atoms with Crippen molar-refractivity contribution in [3.63, 3.8) is 0 Å². The summed E-state index contributed by atoms with van der Waals surface area (Å²) in [7, 11) is 0. The third-order valence-electron chi connectivity index (χ3n) is 5.79. The number of aryl methyl sites for hydroxylation is 2. The van der Waals surface area contributed by atoms with Crippen molar-refractivity contribution in [1.82, 2.24) is 5.32 Å². The Morgan fingerprint density at radius 2 is 1.76 bits per heavy atom. The van der Waals surface area contributed by atoms with Crippen LogP contribution in [0.25, 0.3) is 0 Å². The van der Waals surface area contributed by atoms with Crippen LogP contribution >= 0.6 is 0 Å². The number of anilines is 1. The van der Waals surface area contributed by atoms with Crippen molar-refractivity contribution >= 4 is 17.5 Å². The van der Waals surface area contributed by atoms with Gasteiger partial charge >= 0.3 is 0 Å². The molecule has 25 heavy (non-hydrogen) atoms. The normalized spacial score (nSPS) is 19.8. The fourth-order valence-corrected chi connectivity index (χ4v) is 3.86. The van der Waals surface area contributed by atoms with Crippen molar-refractivity contribution in [3.8, 4) is 0 Å². The molecule has 1 aromatic carbocycles. The zero-order valence-corrected chi connectivity index (χ0v) is 15.5. The molecular weight excluding hydrogens is 312 g/mol. The summed E-state index contributed by atoms with van der Waals surface area (Å²) in [4.78, 5) is 25.7. The van der Waals surface area contributed by atoms with Crippen molar-refractivity contribution in [2.45, 2.75) is 77.7 Å². The van der Waals surface area contributed by atoms with Gasteiger partial charge < -0.3 is 10.6 Å². The lowest BCUT2D eigenvalue weighted by molar-refractivity contribution is -0.134. The molecule has 0 bridgehead atoms. The van der Waals surface area contributed by atoms with Gasteiger partial charge in [-0.2, -0.15) is 0 Å². The number of benzene rings is 1. The van der Waals surface area contributed by atoms with Crippen LogP contribution < -0.4 is 10.6 Å². The van der Waals surface area contributed by atoms with E-state index < -0.39 is 5.41 Å². The summed E-state index contributed by atoms with van der Waals surface area (Å²) in [6.45, 7) is 4.08. The van der Waals surface area contributed by atoms with Gasteiger partial charge in [-0.25, -0.2) is 0 Å². The first-order chi connectivity index (χ1) is 12.1. The summed E-state index contributed by atoms with van der Waals surface area (Å²) < 4.78 is 0. The Hall–Kier alpha value is -1.84. The molecule has 0 saturated heterocycles. The van der Waals surface area contributed by atoms with E-state index in [-0.39, 0.29) is 17.9 Å². The maximum Gasteiger partial charge on any atom is 0.240 e. The smallest absolute Gasteiger partial charge is 0.240 e. The van der Waals surface area contributed by atoms with Gasteiger partial charge in [0, 0.05) is 11.7 Å². The minimum Gasteiger partial charge on any atom is -0.352 e. The predicted molar refractivity (Wildman–Crippen MR) is 100 cm³/mol. The van der Waals surface area contributed by atoms with Crippen LogP contribution in [0.3, 0.4) is 0 Å². The molecule has 2 N–H and O–H groups in total. The maximum atomic E-state index is 12.9. The highest BCUT2D eigenvalue weighted by Gasteiger charge is 2.56. The van der Waals surface area contributed by atoms with Crippen molar-refractivity contribution < 1.29 is 9.59 Å². The van der Waals surface area contributed by atoms with E-state index in [1.165, 1.54) is 25.7 Å². The highest BCUT2D eigenvalue weighted by molar-refractivity contribution is 6.13. The molecule has 136 valence electrons. The second-order valence-corrected chi connectivity index (χ2v) is 7.66. The average Bonchev–Trinajstić information content (AvgIpc) is 3.42. The Bertz CT molecular complexity index is 641. The largest absolute Gasteiger partial charge is 0.352 e. The molecule has 2 aliphatic carbocycles. The number of amides is 2. The summed E-state index contributed by atoms with van der Waals surface area (Å²) in [5.74, 6) is -0.203. The third-order valence-corrected chi connectivity index (χ3v) is 5.79. The van der Waals surface area contributed by atoms with Crippen LogP contribution in [0.15, 0.2) is 18.2 Å². The Balaban J connectivity index is 1.68. The fraction of sp³-hybridized carbons (Fsp3) is 0.619. The number of nitrogens with one attached hydrogen (secondary N) is 2. The number of rotatable bonds is 5. The quantitative estimate of drug-likeness (QED) is 0.625. The summed E-state index contributed by atoms with van der Waals surface area (Å²) in [6.07, 6.45) is 9.12. The van der Waals surface area contributed by atoms with Gasteiger partial charge in [0.25, 0.3) is 0 Å². The first-order valence-corrected chi connectivity index (χ1v) is 9.78. The molecule has 2 amide bonds. The van der Waals surface area contributed by atoms with Crippen LogP contribution in [0, 0.1) is 12.3 Å². The lowest BCUT2D eigenvalue weighted by Gasteiger charge is -2.22. The first-order valence-electron chi connectivity index (χ1n) is 9.78. The second kappa shape index (κ2) is 7.59. The van der Waals surface area contributed by atoms with Crippen LogP contribution in [-0.4, -0.2) is 17.9 Å². The Labute approximate surface area is 150 Å². The van der Waals surface area contributed by atoms with Crippen LogP contribution in [0.2, 0.25) is 0 Å². The van der Waals surface area contributed by atoms with Gasteiger partial charge in [0.2, 0.25) is 11.8 Å². The van der Waals surface area contributed by atoms with E-state index in [0.29, 0.717) is 12.8 Å². The zero-order valence-electron chi connectivity index (χ0n) is 15.5. The van der Waals surface area contributed by atoms with E-state index in [0.717, 1.165) is 36.1 Å². The van der Waals surface area contributed by atoms with Gasteiger partial charge in [-0.15, -0.1) is 0 Å². The van der Waals surface area contributed by atoms with Gasteiger partial charge in [0.05, 0.1) is 0 Å². The summed E-state index contributed by atoms with van der Waals surface area (Å²) in [6, 6.07) is 6.29. The molecule has 2 fully saturated rings. The molecule has 0 heterocycles. The molecular formula is C21H30N2O2. The second-order valence-electron chi connectivity index (χ2n) is 7.66. The molecule has 0 radical (unpaired) electrons. The summed E-state index contributed by atoms with van der Waals surface area (Å²) in [5, 5.41) is 6.24. The van der Waals surface area contributed by atoms with Crippen LogP contribution in [0.1, 0.15) is 69.4 Å². The van der Waals surface area contributed by atoms with E-state index in [1.807, 2.05) is 25.1 Å². The van der Waals surface area contributed by atoms with Gasteiger partial charge in [0.15, 0.2) is 0 Å². The summed E-state index contributed by atoms with van der Waals surface area (Å²) in [5.41, 5.74) is 2.20. The van der Waals surface area contributed by atoms with Crippen molar-refractivity contribution in [3.05, 3.63) is 29.3 Å². The van der Waals surface area contributed by atoms with Crippen LogP contribution in [-0.2, 0) is 16.0 Å².